The number of urea groups is 1. The quantitative estimate of drug-likeness (QED) is 0.832. The minimum absolute atomic E-state index is 0.259. The van der Waals surface area contributed by atoms with Gasteiger partial charge in [-0.1, -0.05) is 25.1 Å². The Hall–Kier alpha value is -2.45. The van der Waals surface area contributed by atoms with E-state index < -0.39 is 6.03 Å². The van der Waals surface area contributed by atoms with Gasteiger partial charge in [0, 0.05) is 51.7 Å². The molecule has 8 nitrogen and oxygen atoms in total. The van der Waals surface area contributed by atoms with Crippen molar-refractivity contribution in [3.8, 4) is 0 Å². The van der Waals surface area contributed by atoms with Gasteiger partial charge in [-0.15, -0.1) is 0 Å². The van der Waals surface area contributed by atoms with E-state index >= 15 is 0 Å². The standard InChI is InChI=1S/C21H29N5O3/c1-14(2)11-25-9-8-24(12-15(25)3)13-16-4-5-18-17(10-16)20(23-29-18)26-7-6-19(27)22-21(26)28/h4-5,10,14-15H,6-9,11-13H2,1-3H3,(H,22,27,28)/t15-/m1/s1. The van der Waals surface area contributed by atoms with E-state index in [1.807, 2.05) is 6.07 Å². The van der Waals surface area contributed by atoms with Crippen molar-refractivity contribution in [1.29, 1.82) is 0 Å². The molecular weight excluding hydrogens is 370 g/mol. The third-order valence-electron chi connectivity index (χ3n) is 5.68. The molecule has 1 aromatic heterocycles. The molecule has 1 atom stereocenters. The monoisotopic (exact) mass is 399 g/mol. The molecule has 3 heterocycles. The van der Waals surface area contributed by atoms with Crippen LogP contribution in [0.4, 0.5) is 10.6 Å². The Bertz CT molecular complexity index is 909. The van der Waals surface area contributed by atoms with Gasteiger partial charge in [-0.05, 0) is 30.5 Å². The molecule has 0 saturated carbocycles. The number of aromatic nitrogens is 1. The largest absolute Gasteiger partial charge is 0.354 e. The zero-order valence-electron chi connectivity index (χ0n) is 17.4. The highest BCUT2D eigenvalue weighted by Gasteiger charge is 2.29. The number of fused-ring (bicyclic) bond motifs is 1. The van der Waals surface area contributed by atoms with E-state index in [2.05, 4.69) is 53.2 Å². The van der Waals surface area contributed by atoms with Crippen molar-refractivity contribution in [1.82, 2.24) is 20.3 Å². The predicted molar refractivity (Wildman–Crippen MR) is 111 cm³/mol. The number of piperazine rings is 1. The molecule has 156 valence electrons. The van der Waals surface area contributed by atoms with Gasteiger partial charge in [-0.2, -0.15) is 0 Å². The second kappa shape index (κ2) is 8.12. The number of amides is 3. The van der Waals surface area contributed by atoms with Crippen LogP contribution in [0.1, 0.15) is 32.8 Å². The van der Waals surface area contributed by atoms with Crippen LogP contribution in [0.2, 0.25) is 0 Å². The van der Waals surface area contributed by atoms with Crippen LogP contribution in [0.3, 0.4) is 0 Å². The van der Waals surface area contributed by atoms with E-state index in [1.165, 1.54) is 10.5 Å². The number of nitrogens with zero attached hydrogens (tertiary/aromatic N) is 4. The Morgan fingerprint density at radius 1 is 1.24 bits per heavy atom. The minimum atomic E-state index is -0.447. The Morgan fingerprint density at radius 3 is 2.79 bits per heavy atom. The van der Waals surface area contributed by atoms with Crippen LogP contribution in [0.15, 0.2) is 22.7 Å². The number of carbonyl (C=O) groups is 2. The lowest BCUT2D eigenvalue weighted by Gasteiger charge is -2.40. The summed E-state index contributed by atoms with van der Waals surface area (Å²) in [5.74, 6) is 0.896. The smallest absolute Gasteiger partial charge is 0.329 e. The fraction of sp³-hybridized carbons (Fsp3) is 0.571. The summed E-state index contributed by atoms with van der Waals surface area (Å²) in [6.07, 6.45) is 0.262. The molecule has 1 N–H and O–H groups in total. The molecule has 2 fully saturated rings. The zero-order valence-corrected chi connectivity index (χ0v) is 17.4. The molecule has 8 heteroatoms. The molecule has 2 aliphatic rings. The number of hydrogen-bond donors (Lipinski definition) is 1. The highest BCUT2D eigenvalue weighted by Crippen LogP contribution is 2.29. The molecular formula is C21H29N5O3. The van der Waals surface area contributed by atoms with Crippen molar-refractivity contribution in [3.63, 3.8) is 0 Å². The van der Waals surface area contributed by atoms with Gasteiger partial charge in [0.2, 0.25) is 5.91 Å². The van der Waals surface area contributed by atoms with Crippen molar-refractivity contribution < 1.29 is 14.1 Å². The van der Waals surface area contributed by atoms with Crippen molar-refractivity contribution in [3.05, 3.63) is 23.8 Å². The molecule has 4 rings (SSSR count). The van der Waals surface area contributed by atoms with Crippen LogP contribution < -0.4 is 10.2 Å². The number of nitrogens with one attached hydrogen (secondary N) is 1. The van der Waals surface area contributed by atoms with Gasteiger partial charge in [0.1, 0.15) is 0 Å². The summed E-state index contributed by atoms with van der Waals surface area (Å²) < 4.78 is 5.41. The predicted octanol–water partition coefficient (Wildman–Crippen LogP) is 2.44. The topological polar surface area (TPSA) is 81.9 Å². The summed E-state index contributed by atoms with van der Waals surface area (Å²) >= 11 is 0. The Labute approximate surface area is 170 Å². The Kier molecular flexibility index (Phi) is 5.56. The lowest BCUT2D eigenvalue weighted by molar-refractivity contribution is -0.120. The minimum Gasteiger partial charge on any atom is -0.354 e. The maximum atomic E-state index is 12.2. The maximum Gasteiger partial charge on any atom is 0.329 e. The average molecular weight is 399 g/mol. The van der Waals surface area contributed by atoms with Crippen LogP contribution in [0.25, 0.3) is 11.0 Å². The van der Waals surface area contributed by atoms with Crippen LogP contribution >= 0.6 is 0 Å². The molecule has 1 aromatic carbocycles. The maximum absolute atomic E-state index is 12.2. The van der Waals surface area contributed by atoms with Gasteiger partial charge in [-0.3, -0.25) is 24.8 Å². The summed E-state index contributed by atoms with van der Waals surface area (Å²) in [4.78, 5) is 30.1. The number of rotatable bonds is 5. The summed E-state index contributed by atoms with van der Waals surface area (Å²) in [6.45, 7) is 12.3. The lowest BCUT2D eigenvalue weighted by Crippen LogP contribution is -2.52. The van der Waals surface area contributed by atoms with E-state index in [4.69, 9.17) is 4.52 Å². The van der Waals surface area contributed by atoms with Gasteiger partial charge in [-0.25, -0.2) is 4.79 Å². The zero-order chi connectivity index (χ0) is 20.5. The van der Waals surface area contributed by atoms with Crippen molar-refractivity contribution >= 4 is 28.7 Å². The van der Waals surface area contributed by atoms with E-state index in [9.17, 15) is 9.59 Å². The van der Waals surface area contributed by atoms with Gasteiger partial charge >= 0.3 is 6.03 Å². The number of hydrogen-bond acceptors (Lipinski definition) is 6. The van der Waals surface area contributed by atoms with E-state index in [1.54, 1.807) is 0 Å². The molecule has 0 radical (unpaired) electrons. The summed E-state index contributed by atoms with van der Waals surface area (Å²) in [5.41, 5.74) is 1.81. The SMILES string of the molecule is CC(C)CN1CCN(Cc2ccc3onc(N4CCC(=O)NC4=O)c3c2)C[C@H]1C. The molecule has 3 amide bonds. The lowest BCUT2D eigenvalue weighted by atomic mass is 10.1. The second-order valence-corrected chi connectivity index (χ2v) is 8.56. The van der Waals surface area contributed by atoms with Gasteiger partial charge in [0.25, 0.3) is 0 Å². The molecule has 0 aliphatic carbocycles. The van der Waals surface area contributed by atoms with Crippen molar-refractivity contribution in [2.24, 2.45) is 5.92 Å². The third kappa shape index (κ3) is 4.28. The number of benzene rings is 1. The normalized spacial score (nSPS) is 21.9. The van der Waals surface area contributed by atoms with E-state index in [-0.39, 0.29) is 12.3 Å². The fourth-order valence-corrected chi connectivity index (χ4v) is 4.25. The summed E-state index contributed by atoms with van der Waals surface area (Å²) in [6, 6.07) is 6.11. The molecule has 0 bridgehead atoms. The van der Waals surface area contributed by atoms with Crippen molar-refractivity contribution in [2.75, 3.05) is 37.6 Å². The van der Waals surface area contributed by atoms with Crippen LogP contribution in [0, 0.1) is 5.92 Å². The van der Waals surface area contributed by atoms with Crippen LogP contribution in [-0.4, -0.2) is 65.7 Å². The first-order valence-electron chi connectivity index (χ1n) is 10.4. The van der Waals surface area contributed by atoms with E-state index in [0.717, 1.165) is 38.1 Å². The van der Waals surface area contributed by atoms with E-state index in [0.29, 0.717) is 29.9 Å². The Morgan fingerprint density at radius 2 is 2.07 bits per heavy atom. The summed E-state index contributed by atoms with van der Waals surface area (Å²) in [5, 5.41) is 7.23. The first-order valence-corrected chi connectivity index (χ1v) is 10.4. The highest BCUT2D eigenvalue weighted by molar-refractivity contribution is 6.08. The van der Waals surface area contributed by atoms with Crippen molar-refractivity contribution in [2.45, 2.75) is 39.8 Å². The molecule has 0 spiro atoms. The first kappa shape index (κ1) is 19.8. The van der Waals surface area contributed by atoms with Gasteiger partial charge in [0.05, 0.1) is 5.39 Å². The second-order valence-electron chi connectivity index (χ2n) is 8.56. The molecule has 29 heavy (non-hydrogen) atoms. The number of carbonyl (C=O) groups excluding carboxylic acids is 2. The molecule has 2 aliphatic heterocycles. The number of imide groups is 1. The molecule has 0 unspecified atom stereocenters. The highest BCUT2D eigenvalue weighted by atomic mass is 16.5. The van der Waals surface area contributed by atoms with Gasteiger partial charge in [0.15, 0.2) is 11.4 Å². The Balaban J connectivity index is 1.48. The first-order chi connectivity index (χ1) is 13.9. The number of anilines is 1. The van der Waals surface area contributed by atoms with Crippen LogP contribution in [-0.2, 0) is 11.3 Å². The average Bonchev–Trinajstić information content (AvgIpc) is 3.07. The summed E-state index contributed by atoms with van der Waals surface area (Å²) in [7, 11) is 0. The molecule has 2 aromatic rings. The fourth-order valence-electron chi connectivity index (χ4n) is 4.25. The van der Waals surface area contributed by atoms with Gasteiger partial charge < -0.3 is 4.52 Å². The molecule has 2 saturated heterocycles. The van der Waals surface area contributed by atoms with Crippen LogP contribution in [0.5, 0.6) is 0 Å². The third-order valence-corrected chi connectivity index (χ3v) is 5.68.